The van der Waals surface area contributed by atoms with E-state index in [2.05, 4.69) is 15.2 Å². The standard InChI is InChI=1S/C22H28N4O2S/c1-16-7-5-6-10-18(16)20(27)24-22-23-19(15-29-22)21(28)26-13-11-25(12-14-26)17-8-3-2-4-9-17/h5-7,10,15,17H,2-4,8-9,11-14H2,1H3,(H,23,24,27). The molecule has 1 saturated carbocycles. The van der Waals surface area contributed by atoms with Crippen molar-refractivity contribution in [3.05, 3.63) is 46.5 Å². The van der Waals surface area contributed by atoms with Crippen molar-refractivity contribution in [3.63, 3.8) is 0 Å². The minimum atomic E-state index is -0.197. The fourth-order valence-corrected chi connectivity index (χ4v) is 5.00. The Morgan fingerprint density at radius 3 is 2.52 bits per heavy atom. The fraction of sp³-hybridized carbons (Fsp3) is 0.500. The van der Waals surface area contributed by atoms with Crippen LogP contribution in [0.1, 0.15) is 58.5 Å². The molecule has 1 aliphatic heterocycles. The van der Waals surface area contributed by atoms with E-state index in [0.717, 1.165) is 31.7 Å². The molecule has 6 nitrogen and oxygen atoms in total. The number of nitrogens with one attached hydrogen (secondary N) is 1. The first-order valence-electron chi connectivity index (χ1n) is 10.5. The van der Waals surface area contributed by atoms with E-state index in [4.69, 9.17) is 0 Å². The van der Waals surface area contributed by atoms with Gasteiger partial charge in [-0.1, -0.05) is 37.5 Å². The third-order valence-corrected chi connectivity index (χ3v) is 6.78. The van der Waals surface area contributed by atoms with Gasteiger partial charge in [-0.2, -0.15) is 0 Å². The number of aromatic nitrogens is 1. The molecule has 1 aliphatic carbocycles. The highest BCUT2D eigenvalue weighted by Crippen LogP contribution is 2.24. The highest BCUT2D eigenvalue weighted by atomic mass is 32.1. The lowest BCUT2D eigenvalue weighted by atomic mass is 9.94. The molecule has 0 atom stereocenters. The molecule has 1 N–H and O–H groups in total. The Kier molecular flexibility index (Phi) is 6.25. The third-order valence-electron chi connectivity index (χ3n) is 6.03. The molecule has 2 amide bonds. The summed E-state index contributed by atoms with van der Waals surface area (Å²) in [6, 6.07) is 8.13. The second-order valence-electron chi connectivity index (χ2n) is 7.93. The summed E-state index contributed by atoms with van der Waals surface area (Å²) in [6.45, 7) is 5.28. The molecule has 2 aliphatic rings. The van der Waals surface area contributed by atoms with E-state index in [1.165, 1.54) is 43.4 Å². The lowest BCUT2D eigenvalue weighted by molar-refractivity contribution is 0.0519. The fourth-order valence-electron chi connectivity index (χ4n) is 4.32. The number of carbonyl (C=O) groups is 2. The van der Waals surface area contributed by atoms with Gasteiger partial charge in [0.2, 0.25) is 0 Å². The van der Waals surface area contributed by atoms with Crippen molar-refractivity contribution in [2.24, 2.45) is 0 Å². The van der Waals surface area contributed by atoms with Gasteiger partial charge in [-0.15, -0.1) is 11.3 Å². The maximum atomic E-state index is 12.8. The number of nitrogens with zero attached hydrogens (tertiary/aromatic N) is 3. The summed E-state index contributed by atoms with van der Waals surface area (Å²) in [6.07, 6.45) is 6.62. The van der Waals surface area contributed by atoms with E-state index in [-0.39, 0.29) is 11.8 Å². The molecular weight excluding hydrogens is 384 g/mol. The smallest absolute Gasteiger partial charge is 0.273 e. The Morgan fingerprint density at radius 1 is 1.07 bits per heavy atom. The summed E-state index contributed by atoms with van der Waals surface area (Å²) >= 11 is 1.29. The molecule has 2 fully saturated rings. The van der Waals surface area contributed by atoms with Gasteiger partial charge >= 0.3 is 0 Å². The maximum absolute atomic E-state index is 12.8. The number of aryl methyl sites for hydroxylation is 1. The molecular formula is C22H28N4O2S. The minimum Gasteiger partial charge on any atom is -0.335 e. The number of rotatable bonds is 4. The highest BCUT2D eigenvalue weighted by molar-refractivity contribution is 7.14. The van der Waals surface area contributed by atoms with Crippen LogP contribution < -0.4 is 5.32 Å². The zero-order chi connectivity index (χ0) is 20.2. The molecule has 154 valence electrons. The number of piperazine rings is 1. The Morgan fingerprint density at radius 2 is 1.79 bits per heavy atom. The summed E-state index contributed by atoms with van der Waals surface area (Å²) in [7, 11) is 0. The Hall–Kier alpha value is -2.25. The second-order valence-corrected chi connectivity index (χ2v) is 8.79. The van der Waals surface area contributed by atoms with Crippen LogP contribution in [0.5, 0.6) is 0 Å². The molecule has 0 bridgehead atoms. The average Bonchev–Trinajstić information content (AvgIpc) is 3.22. The summed E-state index contributed by atoms with van der Waals surface area (Å²) in [5.74, 6) is -0.238. The maximum Gasteiger partial charge on any atom is 0.273 e. The SMILES string of the molecule is Cc1ccccc1C(=O)Nc1nc(C(=O)N2CCN(C3CCCCC3)CC2)cs1. The van der Waals surface area contributed by atoms with Gasteiger partial charge in [-0.3, -0.25) is 19.8 Å². The molecule has 2 aromatic rings. The normalized spacial score (nSPS) is 18.6. The van der Waals surface area contributed by atoms with E-state index >= 15 is 0 Å². The van der Waals surface area contributed by atoms with Crippen molar-refractivity contribution < 1.29 is 9.59 Å². The van der Waals surface area contributed by atoms with Gasteiger partial charge in [0, 0.05) is 43.2 Å². The summed E-state index contributed by atoms with van der Waals surface area (Å²) < 4.78 is 0. The average molecular weight is 413 g/mol. The summed E-state index contributed by atoms with van der Waals surface area (Å²) in [5, 5.41) is 5.02. The predicted octanol–water partition coefficient (Wildman–Crippen LogP) is 3.79. The lowest BCUT2D eigenvalue weighted by Gasteiger charge is -2.40. The van der Waals surface area contributed by atoms with E-state index in [1.54, 1.807) is 11.4 Å². The van der Waals surface area contributed by atoms with Crippen LogP contribution in [-0.4, -0.2) is 58.8 Å². The van der Waals surface area contributed by atoms with Crippen LogP contribution in [0.15, 0.2) is 29.6 Å². The lowest BCUT2D eigenvalue weighted by Crippen LogP contribution is -2.52. The van der Waals surface area contributed by atoms with Crippen molar-refractivity contribution in [2.75, 3.05) is 31.5 Å². The summed E-state index contributed by atoms with van der Waals surface area (Å²) in [4.78, 5) is 34.1. The van der Waals surface area contributed by atoms with E-state index in [0.29, 0.717) is 22.4 Å². The van der Waals surface area contributed by atoms with Crippen LogP contribution >= 0.6 is 11.3 Å². The number of thiazole rings is 1. The Labute approximate surface area is 175 Å². The van der Waals surface area contributed by atoms with Crippen LogP contribution in [0.3, 0.4) is 0 Å². The van der Waals surface area contributed by atoms with E-state index in [1.807, 2.05) is 30.0 Å². The van der Waals surface area contributed by atoms with Gasteiger partial charge in [0.25, 0.3) is 11.8 Å². The Balaban J connectivity index is 1.33. The molecule has 1 saturated heterocycles. The number of benzene rings is 1. The van der Waals surface area contributed by atoms with Crippen molar-refractivity contribution in [1.29, 1.82) is 0 Å². The molecule has 7 heteroatoms. The minimum absolute atomic E-state index is 0.0408. The van der Waals surface area contributed by atoms with Crippen LogP contribution in [-0.2, 0) is 0 Å². The number of amides is 2. The number of hydrogen-bond donors (Lipinski definition) is 1. The quantitative estimate of drug-likeness (QED) is 0.830. The topological polar surface area (TPSA) is 65.5 Å². The van der Waals surface area contributed by atoms with Gasteiger partial charge in [0.1, 0.15) is 5.69 Å². The zero-order valence-electron chi connectivity index (χ0n) is 16.9. The zero-order valence-corrected chi connectivity index (χ0v) is 17.7. The molecule has 2 heterocycles. The van der Waals surface area contributed by atoms with Crippen LogP contribution in [0.4, 0.5) is 5.13 Å². The predicted molar refractivity (Wildman–Crippen MR) is 116 cm³/mol. The van der Waals surface area contributed by atoms with Gasteiger partial charge in [-0.25, -0.2) is 4.98 Å². The number of carbonyl (C=O) groups excluding carboxylic acids is 2. The first-order chi connectivity index (χ1) is 14.1. The van der Waals surface area contributed by atoms with Crippen molar-refractivity contribution in [1.82, 2.24) is 14.8 Å². The van der Waals surface area contributed by atoms with Gasteiger partial charge in [0.15, 0.2) is 5.13 Å². The second kappa shape index (κ2) is 9.05. The summed E-state index contributed by atoms with van der Waals surface area (Å²) in [5.41, 5.74) is 1.95. The number of anilines is 1. The van der Waals surface area contributed by atoms with Crippen molar-refractivity contribution in [2.45, 2.75) is 45.1 Å². The van der Waals surface area contributed by atoms with Crippen LogP contribution in [0, 0.1) is 6.92 Å². The highest BCUT2D eigenvalue weighted by Gasteiger charge is 2.28. The largest absolute Gasteiger partial charge is 0.335 e. The van der Waals surface area contributed by atoms with Gasteiger partial charge in [0.05, 0.1) is 0 Å². The molecule has 0 radical (unpaired) electrons. The van der Waals surface area contributed by atoms with Crippen molar-refractivity contribution in [3.8, 4) is 0 Å². The molecule has 4 rings (SSSR count). The van der Waals surface area contributed by atoms with E-state index in [9.17, 15) is 9.59 Å². The first kappa shape index (κ1) is 20.0. The van der Waals surface area contributed by atoms with Crippen molar-refractivity contribution >= 4 is 28.3 Å². The van der Waals surface area contributed by atoms with Crippen LogP contribution in [0.2, 0.25) is 0 Å². The number of hydrogen-bond acceptors (Lipinski definition) is 5. The molecule has 0 unspecified atom stereocenters. The third kappa shape index (κ3) is 4.67. The Bertz CT molecular complexity index is 867. The first-order valence-corrected chi connectivity index (χ1v) is 11.4. The van der Waals surface area contributed by atoms with Gasteiger partial charge in [-0.05, 0) is 31.4 Å². The molecule has 29 heavy (non-hydrogen) atoms. The van der Waals surface area contributed by atoms with E-state index < -0.39 is 0 Å². The molecule has 0 spiro atoms. The molecule has 1 aromatic carbocycles. The van der Waals surface area contributed by atoms with Gasteiger partial charge < -0.3 is 4.90 Å². The van der Waals surface area contributed by atoms with Crippen LogP contribution in [0.25, 0.3) is 0 Å². The monoisotopic (exact) mass is 412 g/mol. The molecule has 1 aromatic heterocycles.